The molecule has 0 aliphatic carbocycles. The van der Waals surface area contributed by atoms with Crippen LogP contribution in [0.5, 0.6) is 0 Å². The van der Waals surface area contributed by atoms with Crippen molar-refractivity contribution in [3.63, 3.8) is 0 Å². The van der Waals surface area contributed by atoms with Gasteiger partial charge in [0.05, 0.1) is 17.3 Å². The van der Waals surface area contributed by atoms with Crippen molar-refractivity contribution in [1.82, 2.24) is 15.0 Å². The van der Waals surface area contributed by atoms with Crippen LogP contribution in [0.1, 0.15) is 22.9 Å². The third kappa shape index (κ3) is 3.37. The molecule has 0 fully saturated rings. The minimum absolute atomic E-state index is 0.173. The van der Waals surface area contributed by atoms with Gasteiger partial charge in [0.25, 0.3) is 0 Å². The Morgan fingerprint density at radius 2 is 1.85 bits per heavy atom. The first-order valence-corrected chi connectivity index (χ1v) is 8.73. The highest BCUT2D eigenvalue weighted by Gasteiger charge is 2.17. The molecule has 0 spiro atoms. The van der Waals surface area contributed by atoms with E-state index in [1.807, 2.05) is 54.6 Å². The third-order valence-corrected chi connectivity index (χ3v) is 4.47. The summed E-state index contributed by atoms with van der Waals surface area (Å²) in [4.78, 5) is 13.4. The molecule has 0 amide bonds. The normalized spacial score (nSPS) is 12.1. The fraction of sp³-hybridized carbons (Fsp3) is 0.0952. The van der Waals surface area contributed by atoms with Crippen molar-refractivity contribution in [1.29, 1.82) is 0 Å². The zero-order valence-electron chi connectivity index (χ0n) is 14.2. The molecule has 26 heavy (non-hydrogen) atoms. The van der Waals surface area contributed by atoms with Gasteiger partial charge in [-0.3, -0.25) is 4.98 Å². The molecule has 1 N–H and O–H groups in total. The molecule has 2 heterocycles. The molecule has 4 aromatic rings. The molecule has 0 bridgehead atoms. The van der Waals surface area contributed by atoms with E-state index in [9.17, 15) is 0 Å². The van der Waals surface area contributed by atoms with Gasteiger partial charge < -0.3 is 5.32 Å². The molecule has 0 saturated carbocycles. The molecule has 0 aliphatic rings. The lowest BCUT2D eigenvalue weighted by atomic mass is 10.0. The Balaban J connectivity index is 1.82. The van der Waals surface area contributed by atoms with Crippen LogP contribution >= 0.6 is 11.6 Å². The molecule has 0 saturated heterocycles. The van der Waals surface area contributed by atoms with E-state index in [0.29, 0.717) is 5.02 Å². The van der Waals surface area contributed by atoms with E-state index in [4.69, 9.17) is 11.6 Å². The standard InChI is InChI=1S/C21H17ClN4/c1-14-8-9-18-17(11-14)21(25-13-24-18)26-20(19-7-2-3-10-23-19)15-5-4-6-16(22)12-15/h2-13,20H,1H3,(H,24,25,26). The molecule has 1 unspecified atom stereocenters. The molecule has 4 nitrogen and oxygen atoms in total. The predicted molar refractivity (Wildman–Crippen MR) is 105 cm³/mol. The monoisotopic (exact) mass is 360 g/mol. The molecular formula is C21H17ClN4. The van der Waals surface area contributed by atoms with Crippen molar-refractivity contribution in [3.8, 4) is 0 Å². The summed E-state index contributed by atoms with van der Waals surface area (Å²) in [6, 6.07) is 19.6. The maximum absolute atomic E-state index is 6.22. The number of aryl methyl sites for hydroxylation is 1. The van der Waals surface area contributed by atoms with Gasteiger partial charge in [-0.25, -0.2) is 9.97 Å². The molecular weight excluding hydrogens is 344 g/mol. The predicted octanol–water partition coefficient (Wildman–Crippen LogP) is 5.19. The minimum Gasteiger partial charge on any atom is -0.357 e. The summed E-state index contributed by atoms with van der Waals surface area (Å²) in [5.74, 6) is 0.773. The average molecular weight is 361 g/mol. The number of fused-ring (bicyclic) bond motifs is 1. The molecule has 128 valence electrons. The Morgan fingerprint density at radius 3 is 2.65 bits per heavy atom. The summed E-state index contributed by atoms with van der Waals surface area (Å²) in [5.41, 5.74) is 3.98. The van der Waals surface area contributed by atoms with Crippen LogP contribution in [0.25, 0.3) is 10.9 Å². The van der Waals surface area contributed by atoms with Gasteiger partial charge in [0.1, 0.15) is 12.1 Å². The van der Waals surface area contributed by atoms with Gasteiger partial charge in [0.15, 0.2) is 0 Å². The summed E-state index contributed by atoms with van der Waals surface area (Å²) >= 11 is 6.22. The smallest absolute Gasteiger partial charge is 0.138 e. The van der Waals surface area contributed by atoms with Crippen molar-refractivity contribution in [2.24, 2.45) is 0 Å². The first-order chi connectivity index (χ1) is 12.7. The number of pyridine rings is 1. The lowest BCUT2D eigenvalue weighted by Crippen LogP contribution is -2.15. The van der Waals surface area contributed by atoms with Crippen LogP contribution in [-0.2, 0) is 0 Å². The zero-order chi connectivity index (χ0) is 17.9. The molecule has 4 rings (SSSR count). The van der Waals surface area contributed by atoms with Gasteiger partial charge in [-0.1, -0.05) is 41.4 Å². The second-order valence-electron chi connectivity index (χ2n) is 6.13. The number of hydrogen-bond acceptors (Lipinski definition) is 4. The number of anilines is 1. The molecule has 2 aromatic heterocycles. The Kier molecular flexibility index (Phi) is 4.50. The van der Waals surface area contributed by atoms with Crippen LogP contribution in [0.4, 0.5) is 5.82 Å². The SMILES string of the molecule is Cc1ccc2ncnc(NC(c3cccc(Cl)c3)c3ccccn3)c2c1. The number of nitrogens with zero attached hydrogens (tertiary/aromatic N) is 3. The second-order valence-corrected chi connectivity index (χ2v) is 6.57. The number of aromatic nitrogens is 3. The summed E-state index contributed by atoms with van der Waals surface area (Å²) in [6.45, 7) is 2.06. The summed E-state index contributed by atoms with van der Waals surface area (Å²) < 4.78 is 0. The van der Waals surface area contributed by atoms with Crippen molar-refractivity contribution < 1.29 is 0 Å². The Hall–Kier alpha value is -2.98. The summed E-state index contributed by atoms with van der Waals surface area (Å²) in [6.07, 6.45) is 3.37. The highest BCUT2D eigenvalue weighted by molar-refractivity contribution is 6.30. The summed E-state index contributed by atoms with van der Waals surface area (Å²) in [5, 5.41) is 5.21. The van der Waals surface area contributed by atoms with Crippen LogP contribution in [0.2, 0.25) is 5.02 Å². The lowest BCUT2D eigenvalue weighted by Gasteiger charge is -2.20. The molecule has 1 atom stereocenters. The van der Waals surface area contributed by atoms with Crippen molar-refractivity contribution >= 4 is 28.3 Å². The lowest BCUT2D eigenvalue weighted by molar-refractivity contribution is 0.879. The highest BCUT2D eigenvalue weighted by atomic mass is 35.5. The van der Waals surface area contributed by atoms with Crippen LogP contribution in [0.3, 0.4) is 0 Å². The fourth-order valence-electron chi connectivity index (χ4n) is 2.98. The highest BCUT2D eigenvalue weighted by Crippen LogP contribution is 2.29. The first kappa shape index (κ1) is 16.5. The Labute approximate surface area is 156 Å². The first-order valence-electron chi connectivity index (χ1n) is 8.35. The number of nitrogens with one attached hydrogen (secondary N) is 1. The summed E-state index contributed by atoms with van der Waals surface area (Å²) in [7, 11) is 0. The van der Waals surface area contributed by atoms with Gasteiger partial charge in [-0.05, 0) is 48.9 Å². The van der Waals surface area contributed by atoms with E-state index in [-0.39, 0.29) is 6.04 Å². The van der Waals surface area contributed by atoms with Gasteiger partial charge in [0, 0.05) is 16.6 Å². The van der Waals surface area contributed by atoms with Crippen LogP contribution < -0.4 is 5.32 Å². The van der Waals surface area contributed by atoms with Crippen molar-refractivity contribution in [2.75, 3.05) is 5.32 Å². The topological polar surface area (TPSA) is 50.7 Å². The van der Waals surface area contributed by atoms with E-state index in [2.05, 4.69) is 33.3 Å². The van der Waals surface area contributed by atoms with Crippen LogP contribution in [-0.4, -0.2) is 15.0 Å². The van der Waals surface area contributed by atoms with E-state index < -0.39 is 0 Å². The molecule has 2 aromatic carbocycles. The number of benzene rings is 2. The largest absolute Gasteiger partial charge is 0.357 e. The number of rotatable bonds is 4. The molecule has 0 aliphatic heterocycles. The van der Waals surface area contributed by atoms with Gasteiger partial charge in [0.2, 0.25) is 0 Å². The van der Waals surface area contributed by atoms with E-state index >= 15 is 0 Å². The molecule has 5 heteroatoms. The molecule has 0 radical (unpaired) electrons. The maximum Gasteiger partial charge on any atom is 0.138 e. The second kappa shape index (κ2) is 7.10. The maximum atomic E-state index is 6.22. The van der Waals surface area contributed by atoms with Crippen molar-refractivity contribution in [3.05, 3.63) is 95.0 Å². The van der Waals surface area contributed by atoms with Crippen LogP contribution in [0.15, 0.2) is 73.2 Å². The Morgan fingerprint density at radius 1 is 0.923 bits per heavy atom. The van der Waals surface area contributed by atoms with Gasteiger partial charge in [-0.15, -0.1) is 0 Å². The van der Waals surface area contributed by atoms with Gasteiger partial charge >= 0.3 is 0 Å². The van der Waals surface area contributed by atoms with Crippen LogP contribution in [0, 0.1) is 6.92 Å². The third-order valence-electron chi connectivity index (χ3n) is 4.24. The van der Waals surface area contributed by atoms with Gasteiger partial charge in [-0.2, -0.15) is 0 Å². The Bertz CT molecular complexity index is 1050. The number of halogens is 1. The number of hydrogen-bond donors (Lipinski definition) is 1. The van der Waals surface area contributed by atoms with E-state index in [1.54, 1.807) is 12.5 Å². The quantitative estimate of drug-likeness (QED) is 0.544. The zero-order valence-corrected chi connectivity index (χ0v) is 15.0. The van der Waals surface area contributed by atoms with E-state index in [0.717, 1.165) is 33.5 Å². The van der Waals surface area contributed by atoms with E-state index in [1.165, 1.54) is 0 Å². The average Bonchev–Trinajstić information content (AvgIpc) is 2.67. The van der Waals surface area contributed by atoms with Crippen molar-refractivity contribution in [2.45, 2.75) is 13.0 Å². The fourth-order valence-corrected chi connectivity index (χ4v) is 3.18. The minimum atomic E-state index is -0.173.